The Labute approximate surface area is 205 Å². The standard InChI is InChI=1S/C28H31N5O2/c1-19(2)17-29-26-24-23(20-8-5-4-6-9-20)25(35-27(24)31-18-30-26)21-10-7-11-22(16-21)28(34)33-14-12-32(3)13-15-33/h4-11,16,18-19H,12-15,17H2,1-3H3,(H,29,30,31). The number of nitrogens with one attached hydrogen (secondary N) is 1. The molecule has 5 rings (SSSR count). The van der Waals surface area contributed by atoms with Gasteiger partial charge >= 0.3 is 0 Å². The predicted octanol–water partition coefficient (Wildman–Crippen LogP) is 5.01. The zero-order valence-electron chi connectivity index (χ0n) is 20.5. The largest absolute Gasteiger partial charge is 0.437 e. The van der Waals surface area contributed by atoms with E-state index < -0.39 is 0 Å². The fraction of sp³-hybridized carbons (Fsp3) is 0.321. The molecule has 0 unspecified atom stereocenters. The van der Waals surface area contributed by atoms with Crippen LogP contribution in [0.25, 0.3) is 33.6 Å². The average Bonchev–Trinajstić information content (AvgIpc) is 3.28. The van der Waals surface area contributed by atoms with Gasteiger partial charge in [-0.3, -0.25) is 4.79 Å². The number of benzene rings is 2. The molecule has 1 N–H and O–H groups in total. The summed E-state index contributed by atoms with van der Waals surface area (Å²) in [5, 5.41) is 4.31. The fourth-order valence-corrected chi connectivity index (χ4v) is 4.44. The Bertz CT molecular complexity index is 1320. The summed E-state index contributed by atoms with van der Waals surface area (Å²) in [6.07, 6.45) is 1.53. The van der Waals surface area contributed by atoms with Gasteiger partial charge in [-0.2, -0.15) is 0 Å². The highest BCUT2D eigenvalue weighted by Gasteiger charge is 2.24. The highest BCUT2D eigenvalue weighted by Crippen LogP contribution is 2.42. The number of rotatable bonds is 6. The molecule has 0 atom stereocenters. The van der Waals surface area contributed by atoms with Gasteiger partial charge in [0.05, 0.1) is 5.39 Å². The van der Waals surface area contributed by atoms with Crippen LogP contribution in [0.4, 0.5) is 5.82 Å². The summed E-state index contributed by atoms with van der Waals surface area (Å²) in [7, 11) is 2.09. The lowest BCUT2D eigenvalue weighted by Crippen LogP contribution is -2.47. The van der Waals surface area contributed by atoms with Gasteiger partial charge in [-0.1, -0.05) is 56.3 Å². The van der Waals surface area contributed by atoms with Crippen LogP contribution in [0.1, 0.15) is 24.2 Å². The van der Waals surface area contributed by atoms with Gasteiger partial charge < -0.3 is 19.5 Å². The first-order valence-corrected chi connectivity index (χ1v) is 12.2. The van der Waals surface area contributed by atoms with E-state index in [1.807, 2.05) is 47.4 Å². The van der Waals surface area contributed by atoms with Gasteiger partial charge in [0.15, 0.2) is 0 Å². The molecule has 1 aliphatic heterocycles. The van der Waals surface area contributed by atoms with Crippen molar-refractivity contribution in [2.75, 3.05) is 45.1 Å². The summed E-state index contributed by atoms with van der Waals surface area (Å²) >= 11 is 0. The van der Waals surface area contributed by atoms with Gasteiger partial charge in [0.25, 0.3) is 5.91 Å². The topological polar surface area (TPSA) is 74.5 Å². The number of furan rings is 1. The first-order chi connectivity index (χ1) is 17.0. The van der Waals surface area contributed by atoms with E-state index in [-0.39, 0.29) is 5.91 Å². The Balaban J connectivity index is 1.61. The van der Waals surface area contributed by atoms with E-state index in [0.29, 0.717) is 23.0 Å². The van der Waals surface area contributed by atoms with Gasteiger partial charge in [-0.15, -0.1) is 0 Å². The molecule has 180 valence electrons. The zero-order valence-corrected chi connectivity index (χ0v) is 20.5. The van der Waals surface area contributed by atoms with Crippen molar-refractivity contribution in [3.63, 3.8) is 0 Å². The van der Waals surface area contributed by atoms with Gasteiger partial charge in [0.1, 0.15) is 17.9 Å². The van der Waals surface area contributed by atoms with E-state index in [0.717, 1.165) is 60.6 Å². The van der Waals surface area contributed by atoms with E-state index in [1.54, 1.807) is 0 Å². The third-order valence-electron chi connectivity index (χ3n) is 6.39. The number of carbonyl (C=O) groups excluding carboxylic acids is 1. The summed E-state index contributed by atoms with van der Waals surface area (Å²) in [5.41, 5.74) is 3.97. The zero-order chi connectivity index (χ0) is 24.4. The Morgan fingerprint density at radius 3 is 2.49 bits per heavy atom. The molecule has 0 saturated carbocycles. The molecule has 1 fully saturated rings. The van der Waals surface area contributed by atoms with Crippen molar-refractivity contribution in [3.05, 3.63) is 66.5 Å². The van der Waals surface area contributed by atoms with E-state index in [2.05, 4.69) is 53.2 Å². The smallest absolute Gasteiger partial charge is 0.253 e. The van der Waals surface area contributed by atoms with E-state index >= 15 is 0 Å². The number of anilines is 1. The molecule has 1 saturated heterocycles. The molecule has 0 bridgehead atoms. The second-order valence-corrected chi connectivity index (χ2v) is 9.53. The number of fused-ring (bicyclic) bond motifs is 1. The fourth-order valence-electron chi connectivity index (χ4n) is 4.44. The van der Waals surface area contributed by atoms with E-state index in [9.17, 15) is 4.79 Å². The summed E-state index contributed by atoms with van der Waals surface area (Å²) in [6.45, 7) is 8.35. The molecule has 0 aliphatic carbocycles. The van der Waals surface area contributed by atoms with E-state index in [1.165, 1.54) is 6.33 Å². The van der Waals surface area contributed by atoms with Crippen molar-refractivity contribution in [2.24, 2.45) is 5.92 Å². The summed E-state index contributed by atoms with van der Waals surface area (Å²) in [4.78, 5) is 26.4. The van der Waals surface area contributed by atoms with Crippen molar-refractivity contribution in [3.8, 4) is 22.5 Å². The summed E-state index contributed by atoms with van der Waals surface area (Å²) in [6, 6.07) is 17.9. The van der Waals surface area contributed by atoms with Gasteiger partial charge in [0, 0.05) is 49.4 Å². The number of amides is 1. The van der Waals surface area contributed by atoms with Crippen LogP contribution in [-0.4, -0.2) is 65.4 Å². The van der Waals surface area contributed by atoms with Gasteiger partial charge in [-0.25, -0.2) is 9.97 Å². The monoisotopic (exact) mass is 469 g/mol. The number of carbonyl (C=O) groups is 1. The second kappa shape index (κ2) is 9.88. The van der Waals surface area contributed by atoms with Crippen molar-refractivity contribution in [2.45, 2.75) is 13.8 Å². The molecule has 7 nitrogen and oxygen atoms in total. The molecule has 2 aromatic heterocycles. The average molecular weight is 470 g/mol. The van der Waals surface area contributed by atoms with Crippen LogP contribution >= 0.6 is 0 Å². The first kappa shape index (κ1) is 23.1. The van der Waals surface area contributed by atoms with Crippen LogP contribution in [0, 0.1) is 5.92 Å². The van der Waals surface area contributed by atoms with Crippen molar-refractivity contribution in [1.82, 2.24) is 19.8 Å². The lowest BCUT2D eigenvalue weighted by atomic mass is 9.98. The lowest BCUT2D eigenvalue weighted by Gasteiger charge is -2.32. The molecule has 4 aromatic rings. The maximum atomic E-state index is 13.3. The van der Waals surface area contributed by atoms with Crippen LogP contribution < -0.4 is 5.32 Å². The molecule has 1 amide bonds. The van der Waals surface area contributed by atoms with Crippen LogP contribution in [0.2, 0.25) is 0 Å². The maximum Gasteiger partial charge on any atom is 0.253 e. The van der Waals surface area contributed by atoms with Crippen LogP contribution in [-0.2, 0) is 0 Å². The minimum Gasteiger partial charge on any atom is -0.437 e. The minimum absolute atomic E-state index is 0.0522. The van der Waals surface area contributed by atoms with Crippen LogP contribution in [0.15, 0.2) is 65.3 Å². The molecule has 2 aromatic carbocycles. The SMILES string of the molecule is CC(C)CNc1ncnc2oc(-c3cccc(C(=O)N4CCN(C)CC4)c3)c(-c3ccccc3)c12. The minimum atomic E-state index is 0.0522. The summed E-state index contributed by atoms with van der Waals surface area (Å²) < 4.78 is 6.36. The second-order valence-electron chi connectivity index (χ2n) is 9.53. The summed E-state index contributed by atoms with van der Waals surface area (Å²) in [5.74, 6) is 1.95. The number of likely N-dealkylation sites (N-methyl/N-ethyl adjacent to an activating group) is 1. The molecule has 0 radical (unpaired) electrons. The van der Waals surface area contributed by atoms with Crippen molar-refractivity contribution in [1.29, 1.82) is 0 Å². The normalized spacial score (nSPS) is 14.6. The van der Waals surface area contributed by atoms with E-state index in [4.69, 9.17) is 4.42 Å². The Morgan fingerprint density at radius 1 is 1.00 bits per heavy atom. The predicted molar refractivity (Wildman–Crippen MR) is 139 cm³/mol. The molecule has 0 spiro atoms. The lowest BCUT2D eigenvalue weighted by molar-refractivity contribution is 0.0664. The quantitative estimate of drug-likeness (QED) is 0.428. The Morgan fingerprint density at radius 2 is 1.74 bits per heavy atom. The number of hydrogen-bond donors (Lipinski definition) is 1. The molecule has 1 aliphatic rings. The van der Waals surface area contributed by atoms with Crippen LogP contribution in [0.5, 0.6) is 0 Å². The van der Waals surface area contributed by atoms with Crippen molar-refractivity contribution < 1.29 is 9.21 Å². The molecular weight excluding hydrogens is 438 g/mol. The molecule has 3 heterocycles. The Hall–Kier alpha value is -3.71. The van der Waals surface area contributed by atoms with Gasteiger partial charge in [0.2, 0.25) is 5.71 Å². The third-order valence-corrected chi connectivity index (χ3v) is 6.39. The molecule has 7 heteroatoms. The number of hydrogen-bond acceptors (Lipinski definition) is 6. The maximum absolute atomic E-state index is 13.3. The first-order valence-electron chi connectivity index (χ1n) is 12.2. The number of aromatic nitrogens is 2. The number of piperazine rings is 1. The highest BCUT2D eigenvalue weighted by atomic mass is 16.3. The third kappa shape index (κ3) is 4.77. The molecule has 35 heavy (non-hydrogen) atoms. The Kier molecular flexibility index (Phi) is 6.51. The van der Waals surface area contributed by atoms with Crippen molar-refractivity contribution >= 4 is 22.8 Å². The molecular formula is C28H31N5O2. The highest BCUT2D eigenvalue weighted by molar-refractivity contribution is 6.06. The van der Waals surface area contributed by atoms with Gasteiger partial charge in [-0.05, 0) is 30.7 Å². The van der Waals surface area contributed by atoms with Crippen LogP contribution in [0.3, 0.4) is 0 Å². The number of nitrogens with zero attached hydrogens (tertiary/aromatic N) is 4.